The molecule has 8 nitrogen and oxygen atoms in total. The molecule has 0 saturated carbocycles. The highest BCUT2D eigenvalue weighted by atomic mass is 19.2. The highest BCUT2D eigenvalue weighted by molar-refractivity contribution is 5.90. The molecule has 0 radical (unpaired) electrons. The van der Waals surface area contributed by atoms with Gasteiger partial charge < -0.3 is 19.7 Å². The number of esters is 1. The predicted molar refractivity (Wildman–Crippen MR) is 127 cm³/mol. The Morgan fingerprint density at radius 1 is 1.08 bits per heavy atom. The van der Waals surface area contributed by atoms with Crippen molar-refractivity contribution < 1.29 is 45.8 Å². The van der Waals surface area contributed by atoms with Gasteiger partial charge in [0.1, 0.15) is 0 Å². The topological polar surface area (TPSA) is 88.2 Å². The number of methoxy groups -OCH3 is 1. The lowest BCUT2D eigenvalue weighted by Gasteiger charge is -2.38. The van der Waals surface area contributed by atoms with E-state index in [1.54, 1.807) is 13.8 Å². The molecule has 4 unspecified atom stereocenters. The van der Waals surface area contributed by atoms with Crippen molar-refractivity contribution in [3.63, 3.8) is 0 Å². The summed E-state index contributed by atoms with van der Waals surface area (Å²) in [5, 5.41) is 2.66. The Kier molecular flexibility index (Phi) is 10.6. The number of nitrogens with zero attached hydrogens (tertiary/aromatic N) is 2. The SMILES string of the molecule is CCC(C)C(C(CC(=O)Oc1c(F)c(F)c(F)c(F)c1F)OC)N(C)C(=O)CNC(=O)C1(C)CCCN1C. The van der Waals surface area contributed by atoms with Crippen LogP contribution in [0.2, 0.25) is 0 Å². The van der Waals surface area contributed by atoms with Crippen molar-refractivity contribution >= 4 is 17.8 Å². The van der Waals surface area contributed by atoms with E-state index in [2.05, 4.69) is 10.1 Å². The van der Waals surface area contributed by atoms with Crippen LogP contribution in [0.1, 0.15) is 46.5 Å². The molecule has 0 bridgehead atoms. The van der Waals surface area contributed by atoms with Crippen LogP contribution in [-0.4, -0.2) is 79.6 Å². The first-order valence-corrected chi connectivity index (χ1v) is 12.2. The first kappa shape index (κ1) is 31.4. The maximum Gasteiger partial charge on any atom is 0.314 e. The molecular weight excluding hydrogens is 517 g/mol. The molecular formula is C25H34F5N3O5. The Morgan fingerprint density at radius 3 is 2.11 bits per heavy atom. The van der Waals surface area contributed by atoms with E-state index in [1.807, 2.05) is 18.9 Å². The molecule has 38 heavy (non-hydrogen) atoms. The number of hydrogen-bond acceptors (Lipinski definition) is 6. The highest BCUT2D eigenvalue weighted by Crippen LogP contribution is 2.30. The van der Waals surface area contributed by atoms with Crippen LogP contribution in [0.4, 0.5) is 22.0 Å². The molecule has 0 aliphatic carbocycles. The van der Waals surface area contributed by atoms with E-state index in [4.69, 9.17) is 4.74 Å². The van der Waals surface area contributed by atoms with E-state index in [-0.39, 0.29) is 18.4 Å². The first-order valence-electron chi connectivity index (χ1n) is 12.2. The average molecular weight is 552 g/mol. The van der Waals surface area contributed by atoms with Crippen LogP contribution >= 0.6 is 0 Å². The number of benzene rings is 1. The zero-order chi connectivity index (χ0) is 28.9. The minimum atomic E-state index is -2.38. The number of likely N-dealkylation sites (tertiary alicyclic amines) is 1. The van der Waals surface area contributed by atoms with Gasteiger partial charge in [-0.1, -0.05) is 20.3 Å². The van der Waals surface area contributed by atoms with Crippen LogP contribution < -0.4 is 10.1 Å². The van der Waals surface area contributed by atoms with Gasteiger partial charge in [0.25, 0.3) is 0 Å². The molecule has 1 aromatic carbocycles. The van der Waals surface area contributed by atoms with Crippen molar-refractivity contribution in [2.45, 2.75) is 64.1 Å². The number of halogens is 5. The summed E-state index contributed by atoms with van der Waals surface area (Å²) in [7, 11) is 4.52. The zero-order valence-corrected chi connectivity index (χ0v) is 22.3. The van der Waals surface area contributed by atoms with E-state index < -0.39 is 70.8 Å². The van der Waals surface area contributed by atoms with Crippen LogP contribution in [0.15, 0.2) is 0 Å². The molecule has 1 saturated heterocycles. The molecule has 4 atom stereocenters. The van der Waals surface area contributed by atoms with Crippen LogP contribution in [-0.2, 0) is 19.1 Å². The van der Waals surface area contributed by atoms with E-state index in [9.17, 15) is 36.3 Å². The second-order valence-electron chi connectivity index (χ2n) is 9.71. The summed E-state index contributed by atoms with van der Waals surface area (Å²) in [6.07, 6.45) is 0.288. The summed E-state index contributed by atoms with van der Waals surface area (Å²) in [4.78, 5) is 41.5. The normalized spacial score (nSPS) is 20.1. The van der Waals surface area contributed by atoms with E-state index >= 15 is 0 Å². The Balaban J connectivity index is 2.16. The van der Waals surface area contributed by atoms with Gasteiger partial charge in [0.15, 0.2) is 0 Å². The van der Waals surface area contributed by atoms with Crippen LogP contribution in [0.25, 0.3) is 0 Å². The molecule has 1 heterocycles. The Labute approximate surface area is 218 Å². The van der Waals surface area contributed by atoms with Crippen molar-refractivity contribution in [3.8, 4) is 5.75 Å². The van der Waals surface area contributed by atoms with E-state index in [0.29, 0.717) is 12.8 Å². The van der Waals surface area contributed by atoms with Crippen molar-refractivity contribution in [2.24, 2.45) is 5.92 Å². The molecule has 214 valence electrons. The zero-order valence-electron chi connectivity index (χ0n) is 22.3. The summed E-state index contributed by atoms with van der Waals surface area (Å²) < 4.78 is 78.0. The fourth-order valence-electron chi connectivity index (χ4n) is 4.60. The molecule has 1 fully saturated rings. The molecule has 13 heteroatoms. The lowest BCUT2D eigenvalue weighted by Crippen LogP contribution is -2.56. The lowest BCUT2D eigenvalue weighted by atomic mass is 9.91. The second-order valence-corrected chi connectivity index (χ2v) is 9.71. The maximum absolute atomic E-state index is 14.0. The van der Waals surface area contributed by atoms with Crippen LogP contribution in [0.3, 0.4) is 0 Å². The largest absolute Gasteiger partial charge is 0.420 e. The molecule has 0 spiro atoms. The maximum atomic E-state index is 14.0. The number of carbonyl (C=O) groups is 3. The molecule has 1 aromatic rings. The minimum absolute atomic E-state index is 0.259. The number of rotatable bonds is 11. The van der Waals surface area contributed by atoms with Gasteiger partial charge in [0.2, 0.25) is 46.6 Å². The van der Waals surface area contributed by atoms with Gasteiger partial charge in [-0.2, -0.15) is 8.78 Å². The van der Waals surface area contributed by atoms with Crippen LogP contribution in [0.5, 0.6) is 5.75 Å². The molecule has 2 rings (SSSR count). The van der Waals surface area contributed by atoms with Gasteiger partial charge >= 0.3 is 5.97 Å². The van der Waals surface area contributed by atoms with Crippen molar-refractivity contribution in [3.05, 3.63) is 29.1 Å². The predicted octanol–water partition coefficient (Wildman–Crippen LogP) is 3.17. The van der Waals surface area contributed by atoms with Gasteiger partial charge in [-0.15, -0.1) is 0 Å². The van der Waals surface area contributed by atoms with Crippen molar-refractivity contribution in [1.29, 1.82) is 0 Å². The van der Waals surface area contributed by atoms with E-state index in [0.717, 1.165) is 13.0 Å². The second kappa shape index (κ2) is 12.8. The third-order valence-corrected chi connectivity index (χ3v) is 7.39. The quantitative estimate of drug-likeness (QED) is 0.150. The van der Waals surface area contributed by atoms with Gasteiger partial charge in [0, 0.05) is 14.2 Å². The lowest BCUT2D eigenvalue weighted by molar-refractivity contribution is -0.144. The number of hydrogen-bond donors (Lipinski definition) is 1. The summed E-state index contributed by atoms with van der Waals surface area (Å²) in [5.41, 5.74) is -0.738. The van der Waals surface area contributed by atoms with Gasteiger partial charge in [-0.05, 0) is 39.3 Å². The monoisotopic (exact) mass is 551 g/mol. The summed E-state index contributed by atoms with van der Waals surface area (Å²) in [5.74, 6) is -15.6. The van der Waals surface area contributed by atoms with Gasteiger partial charge in [0.05, 0.1) is 30.7 Å². The standard InChI is InChI=1S/C25H34F5N3O5/c1-7-13(2)22(33(5)15(34)12-31-24(36)25(3)9-8-10-32(25)4)14(37-6)11-16(35)38-23-20(29)18(27)17(26)19(28)21(23)30/h13-14,22H,7-12H2,1-6H3,(H,31,36). The van der Waals surface area contributed by atoms with E-state index in [1.165, 1.54) is 19.1 Å². The van der Waals surface area contributed by atoms with Gasteiger partial charge in [-0.3, -0.25) is 19.3 Å². The first-order chi connectivity index (χ1) is 17.7. The third-order valence-electron chi connectivity index (χ3n) is 7.39. The summed E-state index contributed by atoms with van der Waals surface area (Å²) in [6.45, 7) is 5.83. The molecule has 0 aromatic heterocycles. The van der Waals surface area contributed by atoms with Crippen LogP contribution in [0, 0.1) is 35.0 Å². The molecule has 1 N–H and O–H groups in total. The molecule has 2 amide bonds. The molecule has 1 aliphatic heterocycles. The average Bonchev–Trinajstić information content (AvgIpc) is 3.25. The Morgan fingerprint density at radius 2 is 1.63 bits per heavy atom. The number of likely N-dealkylation sites (N-methyl/N-ethyl adjacent to an activating group) is 2. The Hall–Kier alpha value is -2.80. The number of nitrogens with one attached hydrogen (secondary N) is 1. The summed E-state index contributed by atoms with van der Waals surface area (Å²) >= 11 is 0. The molecule has 1 aliphatic rings. The number of ether oxygens (including phenoxy) is 2. The number of amides is 2. The highest BCUT2D eigenvalue weighted by Gasteiger charge is 2.41. The van der Waals surface area contributed by atoms with Crippen molar-refractivity contribution in [1.82, 2.24) is 15.1 Å². The fraction of sp³-hybridized carbons (Fsp3) is 0.640. The smallest absolute Gasteiger partial charge is 0.314 e. The number of carbonyl (C=O) groups excluding carboxylic acids is 3. The minimum Gasteiger partial charge on any atom is -0.420 e. The third kappa shape index (κ3) is 6.42. The van der Waals surface area contributed by atoms with Crippen molar-refractivity contribution in [2.75, 3.05) is 34.3 Å². The summed E-state index contributed by atoms with van der Waals surface area (Å²) in [6, 6.07) is -0.761. The fourth-order valence-corrected chi connectivity index (χ4v) is 4.60. The van der Waals surface area contributed by atoms with Gasteiger partial charge in [-0.25, -0.2) is 13.2 Å². The Bertz CT molecular complexity index is 1030.